The van der Waals surface area contributed by atoms with Crippen LogP contribution < -0.4 is 15.4 Å². The predicted molar refractivity (Wildman–Crippen MR) is 70.1 cm³/mol. The fourth-order valence-corrected chi connectivity index (χ4v) is 3.10. The first-order chi connectivity index (χ1) is 9.03. The minimum Gasteiger partial charge on any atom is -0.373 e. The van der Waals surface area contributed by atoms with E-state index in [0.717, 1.165) is 6.42 Å². The Balaban J connectivity index is 2.19. The fourth-order valence-electron chi connectivity index (χ4n) is 1.85. The third-order valence-electron chi connectivity index (χ3n) is 2.88. The third-order valence-corrected chi connectivity index (χ3v) is 4.35. The molecule has 1 fully saturated rings. The number of amides is 1. The molecule has 0 radical (unpaired) electrons. The lowest BCUT2D eigenvalue weighted by Gasteiger charge is -2.22. The van der Waals surface area contributed by atoms with Crippen LogP contribution in [0.25, 0.3) is 0 Å². The maximum Gasteiger partial charge on any atom is 0.241 e. The van der Waals surface area contributed by atoms with Gasteiger partial charge in [-0.2, -0.15) is 4.72 Å². The molecule has 1 amide bonds. The number of pyridine rings is 1. The lowest BCUT2D eigenvalue weighted by atomic mass is 10.1. The Kier molecular flexibility index (Phi) is 4.01. The number of hydrogen-bond donors (Lipinski definition) is 3. The molecule has 1 aromatic heterocycles. The van der Waals surface area contributed by atoms with Crippen LogP contribution in [0, 0.1) is 0 Å². The molecule has 19 heavy (non-hydrogen) atoms. The van der Waals surface area contributed by atoms with Gasteiger partial charge in [0.1, 0.15) is 11.9 Å². The zero-order chi connectivity index (χ0) is 13.9. The maximum absolute atomic E-state index is 12.2. The van der Waals surface area contributed by atoms with Crippen molar-refractivity contribution in [2.45, 2.75) is 23.8 Å². The Morgan fingerprint density at radius 3 is 2.95 bits per heavy atom. The van der Waals surface area contributed by atoms with E-state index in [9.17, 15) is 13.2 Å². The average Bonchev–Trinajstić information content (AvgIpc) is 2.41. The van der Waals surface area contributed by atoms with Crippen LogP contribution in [0.3, 0.4) is 0 Å². The van der Waals surface area contributed by atoms with Crippen molar-refractivity contribution in [3.63, 3.8) is 0 Å². The molecule has 2 rings (SSSR count). The van der Waals surface area contributed by atoms with Crippen LogP contribution in [0.4, 0.5) is 5.82 Å². The highest BCUT2D eigenvalue weighted by Crippen LogP contribution is 2.14. The van der Waals surface area contributed by atoms with Gasteiger partial charge in [0.2, 0.25) is 15.9 Å². The number of carbonyl (C=O) groups is 1. The molecular formula is C11H16N4O3S. The molecule has 1 saturated heterocycles. The summed E-state index contributed by atoms with van der Waals surface area (Å²) in [5.74, 6) is 0.175. The van der Waals surface area contributed by atoms with Gasteiger partial charge in [-0.05, 0) is 18.9 Å². The Bertz CT molecular complexity index is 573. The molecule has 1 aromatic rings. The van der Waals surface area contributed by atoms with Gasteiger partial charge >= 0.3 is 0 Å². The van der Waals surface area contributed by atoms with Crippen molar-refractivity contribution in [1.82, 2.24) is 15.0 Å². The second-order valence-electron chi connectivity index (χ2n) is 4.23. The van der Waals surface area contributed by atoms with E-state index >= 15 is 0 Å². The summed E-state index contributed by atoms with van der Waals surface area (Å²) in [6.45, 7) is 0.593. The van der Waals surface area contributed by atoms with Crippen LogP contribution >= 0.6 is 0 Å². The molecule has 0 spiro atoms. The van der Waals surface area contributed by atoms with Gasteiger partial charge in [0.25, 0.3) is 0 Å². The minimum absolute atomic E-state index is 0.0882. The van der Waals surface area contributed by atoms with Crippen molar-refractivity contribution in [3.05, 3.63) is 18.3 Å². The molecule has 1 atom stereocenters. The Hall–Kier alpha value is -1.67. The highest BCUT2D eigenvalue weighted by Gasteiger charge is 2.27. The normalized spacial score (nSPS) is 19.8. The molecule has 7 nitrogen and oxygen atoms in total. The van der Waals surface area contributed by atoms with Crippen LogP contribution in [-0.2, 0) is 14.8 Å². The number of carbonyl (C=O) groups excluding carboxylic acids is 1. The molecule has 0 aliphatic carbocycles. The summed E-state index contributed by atoms with van der Waals surface area (Å²) in [6.07, 6.45) is 2.67. The number of anilines is 1. The van der Waals surface area contributed by atoms with Crippen LogP contribution in [0.5, 0.6) is 0 Å². The smallest absolute Gasteiger partial charge is 0.241 e. The van der Waals surface area contributed by atoms with Crippen molar-refractivity contribution in [3.8, 4) is 0 Å². The van der Waals surface area contributed by atoms with Crippen LogP contribution in [-0.4, -0.2) is 38.9 Å². The summed E-state index contributed by atoms with van der Waals surface area (Å²) >= 11 is 0. The molecular weight excluding hydrogens is 268 g/mol. The van der Waals surface area contributed by atoms with E-state index in [0.29, 0.717) is 18.8 Å². The van der Waals surface area contributed by atoms with Crippen LogP contribution in [0.1, 0.15) is 12.8 Å². The average molecular weight is 284 g/mol. The first-order valence-electron chi connectivity index (χ1n) is 5.97. The largest absolute Gasteiger partial charge is 0.373 e. The Morgan fingerprint density at radius 2 is 2.26 bits per heavy atom. The summed E-state index contributed by atoms with van der Waals surface area (Å²) in [6, 6.07) is 2.11. The topological polar surface area (TPSA) is 100 Å². The number of sulfonamides is 1. The van der Waals surface area contributed by atoms with Gasteiger partial charge in [-0.1, -0.05) is 0 Å². The predicted octanol–water partition coefficient (Wildman–Crippen LogP) is -0.320. The first kappa shape index (κ1) is 13.8. The lowest BCUT2D eigenvalue weighted by Crippen LogP contribution is -2.50. The molecule has 104 valence electrons. The maximum atomic E-state index is 12.2. The Morgan fingerprint density at radius 1 is 1.47 bits per heavy atom. The van der Waals surface area contributed by atoms with Crippen molar-refractivity contribution >= 4 is 21.7 Å². The van der Waals surface area contributed by atoms with Crippen molar-refractivity contribution in [1.29, 1.82) is 0 Å². The molecule has 0 aromatic carbocycles. The molecule has 1 aliphatic rings. The molecule has 1 aliphatic heterocycles. The summed E-state index contributed by atoms with van der Waals surface area (Å²) in [7, 11) is -2.06. The SMILES string of the molecule is CNc1cc(S(=O)(=O)NC2CCCNC2=O)ccn1. The highest BCUT2D eigenvalue weighted by atomic mass is 32.2. The van der Waals surface area contributed by atoms with Crippen LogP contribution in [0.2, 0.25) is 0 Å². The van der Waals surface area contributed by atoms with E-state index in [2.05, 4.69) is 20.3 Å². The van der Waals surface area contributed by atoms with Gasteiger partial charge in [0.05, 0.1) is 4.90 Å². The second kappa shape index (κ2) is 5.54. The molecule has 1 unspecified atom stereocenters. The number of rotatable bonds is 4. The molecule has 3 N–H and O–H groups in total. The monoisotopic (exact) mass is 284 g/mol. The van der Waals surface area contributed by atoms with Crippen molar-refractivity contribution in [2.24, 2.45) is 0 Å². The molecule has 0 bridgehead atoms. The number of nitrogens with one attached hydrogen (secondary N) is 3. The number of aromatic nitrogens is 1. The number of nitrogens with zero attached hydrogens (tertiary/aromatic N) is 1. The van der Waals surface area contributed by atoms with Gasteiger partial charge in [0, 0.05) is 25.9 Å². The quantitative estimate of drug-likeness (QED) is 0.703. The Labute approximate surface area is 111 Å². The van der Waals surface area contributed by atoms with Crippen molar-refractivity contribution in [2.75, 3.05) is 18.9 Å². The van der Waals surface area contributed by atoms with Gasteiger partial charge in [-0.25, -0.2) is 13.4 Å². The summed E-state index contributed by atoms with van der Waals surface area (Å²) in [5.41, 5.74) is 0. The molecule has 2 heterocycles. The molecule has 0 saturated carbocycles. The summed E-state index contributed by atoms with van der Waals surface area (Å²) < 4.78 is 26.8. The molecule has 8 heteroatoms. The number of piperidine rings is 1. The minimum atomic E-state index is -3.72. The second-order valence-corrected chi connectivity index (χ2v) is 5.95. The summed E-state index contributed by atoms with van der Waals surface area (Å²) in [4.78, 5) is 15.6. The van der Waals surface area contributed by atoms with E-state index in [-0.39, 0.29) is 10.8 Å². The van der Waals surface area contributed by atoms with Gasteiger partial charge in [-0.3, -0.25) is 4.79 Å². The fraction of sp³-hybridized carbons (Fsp3) is 0.455. The zero-order valence-corrected chi connectivity index (χ0v) is 11.3. The highest BCUT2D eigenvalue weighted by molar-refractivity contribution is 7.89. The first-order valence-corrected chi connectivity index (χ1v) is 7.45. The van der Waals surface area contributed by atoms with Crippen molar-refractivity contribution < 1.29 is 13.2 Å². The van der Waals surface area contributed by atoms with Gasteiger partial charge in [-0.15, -0.1) is 0 Å². The van der Waals surface area contributed by atoms with E-state index in [1.807, 2.05) is 0 Å². The van der Waals surface area contributed by atoms with Crippen LogP contribution in [0.15, 0.2) is 23.2 Å². The third kappa shape index (κ3) is 3.21. The van der Waals surface area contributed by atoms with E-state index in [1.54, 1.807) is 7.05 Å². The van der Waals surface area contributed by atoms with E-state index in [1.165, 1.54) is 18.3 Å². The lowest BCUT2D eigenvalue weighted by molar-refractivity contribution is -0.124. The zero-order valence-electron chi connectivity index (χ0n) is 10.5. The van der Waals surface area contributed by atoms with Gasteiger partial charge < -0.3 is 10.6 Å². The standard InChI is InChI=1S/C11H16N4O3S/c1-12-10-7-8(4-6-13-10)19(17,18)15-9-3-2-5-14-11(9)16/h4,6-7,9,15H,2-3,5H2,1H3,(H,12,13)(H,14,16). The van der Waals surface area contributed by atoms with E-state index in [4.69, 9.17) is 0 Å². The van der Waals surface area contributed by atoms with Gasteiger partial charge in [0.15, 0.2) is 0 Å². The number of hydrogen-bond acceptors (Lipinski definition) is 5. The summed E-state index contributed by atoms with van der Waals surface area (Å²) in [5, 5.41) is 5.41. The van der Waals surface area contributed by atoms with E-state index < -0.39 is 16.1 Å².